The zero-order chi connectivity index (χ0) is 15.2. The van der Waals surface area contributed by atoms with Gasteiger partial charge in [0, 0.05) is 26.2 Å². The summed E-state index contributed by atoms with van der Waals surface area (Å²) in [5.74, 6) is 3.60. The van der Waals surface area contributed by atoms with Gasteiger partial charge in [-0.2, -0.15) is 0 Å². The van der Waals surface area contributed by atoms with E-state index in [0.29, 0.717) is 12.2 Å². The Kier molecular flexibility index (Phi) is 4.54. The molecule has 112 valence electrons. The first kappa shape index (κ1) is 14.4. The molecule has 4 nitrogen and oxygen atoms in total. The summed E-state index contributed by atoms with van der Waals surface area (Å²) in [4.78, 5) is 13.0. The van der Waals surface area contributed by atoms with Crippen molar-refractivity contribution < 1.29 is 9.53 Å². The van der Waals surface area contributed by atoms with Gasteiger partial charge in [0.15, 0.2) is 0 Å². The van der Waals surface area contributed by atoms with Crippen LogP contribution in [-0.4, -0.2) is 30.5 Å². The monoisotopic (exact) mass is 294 g/mol. The Balaban J connectivity index is 1.67. The molecule has 0 atom stereocenters. The van der Waals surface area contributed by atoms with Gasteiger partial charge in [0.25, 0.3) is 0 Å². The third-order valence-electron chi connectivity index (χ3n) is 3.55. The number of hydrogen-bond donors (Lipinski definition) is 1. The highest BCUT2D eigenvalue weighted by Gasteiger charge is 2.14. The van der Waals surface area contributed by atoms with Crippen LogP contribution >= 0.6 is 0 Å². The molecule has 1 aliphatic rings. The molecule has 1 fully saturated rings. The minimum Gasteiger partial charge on any atom is -0.457 e. The van der Waals surface area contributed by atoms with Crippen molar-refractivity contribution in [2.75, 3.05) is 19.6 Å². The Morgan fingerprint density at radius 3 is 2.73 bits per heavy atom. The van der Waals surface area contributed by atoms with E-state index in [9.17, 15) is 4.79 Å². The van der Waals surface area contributed by atoms with Gasteiger partial charge < -0.3 is 10.1 Å². The lowest BCUT2D eigenvalue weighted by Crippen LogP contribution is -2.41. The third kappa shape index (κ3) is 3.76. The number of carbonyl (C=O) groups excluding carboxylic acids is 1. The Labute approximate surface area is 130 Å². The van der Waals surface area contributed by atoms with Gasteiger partial charge in [-0.3, -0.25) is 4.90 Å². The van der Waals surface area contributed by atoms with Gasteiger partial charge >= 0.3 is 0 Å². The molecule has 0 aliphatic carbocycles. The van der Waals surface area contributed by atoms with Crippen LogP contribution in [0.15, 0.2) is 60.3 Å². The number of piperazine rings is 1. The molecule has 0 bridgehead atoms. The second-order valence-electron chi connectivity index (χ2n) is 5.28. The predicted octanol–water partition coefficient (Wildman–Crippen LogP) is 2.60. The first-order chi connectivity index (χ1) is 10.8. The second kappa shape index (κ2) is 6.94. The second-order valence-corrected chi connectivity index (χ2v) is 5.28. The molecule has 0 radical (unpaired) electrons. The van der Waals surface area contributed by atoms with Crippen molar-refractivity contribution in [2.45, 2.75) is 6.54 Å². The highest BCUT2D eigenvalue weighted by atomic mass is 16.5. The van der Waals surface area contributed by atoms with Crippen molar-refractivity contribution in [1.82, 2.24) is 10.2 Å². The first-order valence-electron chi connectivity index (χ1n) is 7.35. The summed E-state index contributed by atoms with van der Waals surface area (Å²) in [6, 6.07) is 17.8. The van der Waals surface area contributed by atoms with Crippen LogP contribution < -0.4 is 10.1 Å². The SMILES string of the molecule is O=C=C1CN(Cc2cccc(Oc3ccccc3)c2)CCN1. The fraction of sp³-hybridized carbons (Fsp3) is 0.222. The highest BCUT2D eigenvalue weighted by Crippen LogP contribution is 2.22. The zero-order valence-electron chi connectivity index (χ0n) is 12.3. The van der Waals surface area contributed by atoms with E-state index in [0.717, 1.165) is 31.1 Å². The molecule has 1 N–H and O–H groups in total. The van der Waals surface area contributed by atoms with Crippen molar-refractivity contribution in [1.29, 1.82) is 0 Å². The molecule has 0 saturated carbocycles. The maximum atomic E-state index is 10.7. The average molecular weight is 294 g/mol. The maximum Gasteiger partial charge on any atom is 0.146 e. The fourth-order valence-electron chi connectivity index (χ4n) is 2.52. The van der Waals surface area contributed by atoms with E-state index in [1.165, 1.54) is 5.56 Å². The van der Waals surface area contributed by atoms with Crippen LogP contribution in [0, 0.1) is 0 Å². The van der Waals surface area contributed by atoms with Crippen molar-refractivity contribution >= 4 is 5.94 Å². The topological polar surface area (TPSA) is 41.6 Å². The van der Waals surface area contributed by atoms with Gasteiger partial charge in [0.2, 0.25) is 0 Å². The molecule has 4 heteroatoms. The van der Waals surface area contributed by atoms with Gasteiger partial charge in [-0.25, -0.2) is 4.79 Å². The first-order valence-corrected chi connectivity index (χ1v) is 7.35. The van der Waals surface area contributed by atoms with Gasteiger partial charge in [-0.15, -0.1) is 0 Å². The summed E-state index contributed by atoms with van der Waals surface area (Å²) in [6.45, 7) is 3.10. The fourth-order valence-corrected chi connectivity index (χ4v) is 2.52. The lowest BCUT2D eigenvalue weighted by Gasteiger charge is -2.28. The number of nitrogens with one attached hydrogen (secondary N) is 1. The Bertz CT molecular complexity index is 678. The summed E-state index contributed by atoms with van der Waals surface area (Å²) < 4.78 is 5.85. The minimum absolute atomic E-state index is 0.618. The highest BCUT2D eigenvalue weighted by molar-refractivity contribution is 5.52. The minimum atomic E-state index is 0.618. The number of para-hydroxylation sites is 1. The predicted molar refractivity (Wildman–Crippen MR) is 85.4 cm³/mol. The lowest BCUT2D eigenvalue weighted by molar-refractivity contribution is 0.259. The number of rotatable bonds is 4. The van der Waals surface area contributed by atoms with Crippen molar-refractivity contribution in [3.63, 3.8) is 0 Å². The van der Waals surface area contributed by atoms with Gasteiger partial charge in [0.1, 0.15) is 23.1 Å². The summed E-state index contributed by atoms with van der Waals surface area (Å²) in [5, 5.41) is 3.06. The zero-order valence-corrected chi connectivity index (χ0v) is 12.3. The van der Waals surface area contributed by atoms with Crippen LogP contribution in [0.5, 0.6) is 11.5 Å². The molecular formula is C18H18N2O2. The van der Waals surface area contributed by atoms with Crippen LogP contribution in [0.4, 0.5) is 0 Å². The smallest absolute Gasteiger partial charge is 0.146 e. The van der Waals surface area contributed by atoms with E-state index in [2.05, 4.69) is 16.3 Å². The van der Waals surface area contributed by atoms with E-state index in [1.807, 2.05) is 54.5 Å². The van der Waals surface area contributed by atoms with Crippen LogP contribution in [0.1, 0.15) is 5.56 Å². The van der Waals surface area contributed by atoms with E-state index in [4.69, 9.17) is 4.74 Å². The molecule has 2 aromatic carbocycles. The number of nitrogens with zero attached hydrogens (tertiary/aromatic N) is 1. The molecule has 1 saturated heterocycles. The summed E-state index contributed by atoms with van der Waals surface area (Å²) >= 11 is 0. The quantitative estimate of drug-likeness (QED) is 0.880. The summed E-state index contributed by atoms with van der Waals surface area (Å²) in [6.07, 6.45) is 0. The Morgan fingerprint density at radius 2 is 1.91 bits per heavy atom. The molecule has 3 rings (SSSR count). The largest absolute Gasteiger partial charge is 0.457 e. The third-order valence-corrected chi connectivity index (χ3v) is 3.55. The van der Waals surface area contributed by atoms with Crippen molar-refractivity contribution in [3.05, 3.63) is 65.9 Å². The van der Waals surface area contributed by atoms with Crippen LogP contribution in [0.25, 0.3) is 0 Å². The molecule has 0 unspecified atom stereocenters. The number of hydrogen-bond acceptors (Lipinski definition) is 4. The molecule has 0 spiro atoms. The molecular weight excluding hydrogens is 276 g/mol. The molecule has 22 heavy (non-hydrogen) atoms. The van der Waals surface area contributed by atoms with E-state index in [1.54, 1.807) is 0 Å². The molecule has 1 heterocycles. The Hall–Kier alpha value is -2.55. The van der Waals surface area contributed by atoms with E-state index < -0.39 is 0 Å². The average Bonchev–Trinajstić information content (AvgIpc) is 2.56. The van der Waals surface area contributed by atoms with Gasteiger partial charge in [0.05, 0.1) is 0 Å². The lowest BCUT2D eigenvalue weighted by atomic mass is 10.2. The molecule has 0 aromatic heterocycles. The maximum absolute atomic E-state index is 10.7. The summed E-state index contributed by atoms with van der Waals surface area (Å²) in [5.41, 5.74) is 1.79. The van der Waals surface area contributed by atoms with Crippen molar-refractivity contribution in [2.24, 2.45) is 0 Å². The number of ether oxygens (including phenoxy) is 1. The van der Waals surface area contributed by atoms with Gasteiger partial charge in [-0.05, 0) is 29.8 Å². The standard InChI is InChI=1S/C18H18N2O2/c21-14-16-13-20(10-9-19-16)12-15-5-4-8-18(11-15)22-17-6-2-1-3-7-17/h1-8,11,19H,9-10,12-13H2. The van der Waals surface area contributed by atoms with Crippen LogP contribution in [0.2, 0.25) is 0 Å². The molecule has 0 amide bonds. The summed E-state index contributed by atoms with van der Waals surface area (Å²) in [7, 11) is 0. The van der Waals surface area contributed by atoms with Crippen LogP contribution in [0.3, 0.4) is 0 Å². The number of benzene rings is 2. The van der Waals surface area contributed by atoms with Crippen LogP contribution in [-0.2, 0) is 11.3 Å². The normalized spacial score (nSPS) is 15.0. The molecule has 1 aliphatic heterocycles. The molecule has 2 aromatic rings. The van der Waals surface area contributed by atoms with E-state index >= 15 is 0 Å². The van der Waals surface area contributed by atoms with E-state index in [-0.39, 0.29) is 0 Å². The van der Waals surface area contributed by atoms with Crippen molar-refractivity contribution in [3.8, 4) is 11.5 Å². The Morgan fingerprint density at radius 1 is 1.09 bits per heavy atom. The van der Waals surface area contributed by atoms with Gasteiger partial charge in [-0.1, -0.05) is 30.3 Å².